The summed E-state index contributed by atoms with van der Waals surface area (Å²) in [6.07, 6.45) is 0. The normalized spacial score (nSPS) is 20.8. The van der Waals surface area contributed by atoms with Crippen LogP contribution in [0.2, 0.25) is 0 Å². The lowest BCUT2D eigenvalue weighted by Crippen LogP contribution is -3.28. The molecule has 1 atom stereocenters. The summed E-state index contributed by atoms with van der Waals surface area (Å²) >= 11 is 1.84. The van der Waals surface area contributed by atoms with Crippen LogP contribution in [0.4, 0.5) is 0 Å². The monoisotopic (exact) mass is 395 g/mol. The fraction of sp³-hybridized carbons (Fsp3) is 0.348. The van der Waals surface area contributed by atoms with E-state index in [-0.39, 0.29) is 11.9 Å². The summed E-state index contributed by atoms with van der Waals surface area (Å²) in [7, 11) is 0. The van der Waals surface area contributed by atoms with Gasteiger partial charge in [-0.2, -0.15) is 0 Å². The minimum absolute atomic E-state index is 0.0174. The SMILES string of the molecule is C[C@H](NC(=O)C[NH+]1CC[NH+](Cc2cccs2)CC1)c1cccc2ccccc12. The van der Waals surface area contributed by atoms with Crippen LogP contribution in [0, 0.1) is 0 Å². The van der Waals surface area contributed by atoms with Crippen molar-refractivity contribution in [1.82, 2.24) is 5.32 Å². The maximum absolute atomic E-state index is 12.6. The van der Waals surface area contributed by atoms with Crippen LogP contribution >= 0.6 is 11.3 Å². The third kappa shape index (κ3) is 4.61. The van der Waals surface area contributed by atoms with Crippen LogP contribution in [0.25, 0.3) is 10.8 Å². The largest absolute Gasteiger partial charge is 0.345 e. The lowest BCUT2D eigenvalue weighted by molar-refractivity contribution is -1.01. The first kappa shape index (κ1) is 19.1. The van der Waals surface area contributed by atoms with Gasteiger partial charge in [-0.15, -0.1) is 11.3 Å². The summed E-state index contributed by atoms with van der Waals surface area (Å²) in [5, 5.41) is 7.81. The minimum atomic E-state index is 0.0174. The average Bonchev–Trinajstić information content (AvgIpc) is 3.22. The number of quaternary nitrogens is 2. The summed E-state index contributed by atoms with van der Waals surface area (Å²) in [6, 6.07) is 19.0. The zero-order chi connectivity index (χ0) is 19.3. The summed E-state index contributed by atoms with van der Waals surface area (Å²) in [4.78, 5) is 17.1. The Morgan fingerprint density at radius 1 is 1.00 bits per heavy atom. The van der Waals surface area contributed by atoms with Crippen LogP contribution in [0.3, 0.4) is 0 Å². The van der Waals surface area contributed by atoms with E-state index in [2.05, 4.69) is 72.2 Å². The smallest absolute Gasteiger partial charge is 0.275 e. The minimum Gasteiger partial charge on any atom is -0.345 e. The van der Waals surface area contributed by atoms with Crippen LogP contribution in [-0.4, -0.2) is 38.6 Å². The number of carbonyl (C=O) groups excluding carboxylic acids is 1. The molecule has 1 fully saturated rings. The van der Waals surface area contributed by atoms with Crippen molar-refractivity contribution in [3.05, 3.63) is 70.4 Å². The van der Waals surface area contributed by atoms with Crippen molar-refractivity contribution in [2.45, 2.75) is 19.5 Å². The molecule has 4 rings (SSSR count). The van der Waals surface area contributed by atoms with Crippen LogP contribution in [0.5, 0.6) is 0 Å². The van der Waals surface area contributed by atoms with Crippen LogP contribution in [0.1, 0.15) is 23.4 Å². The van der Waals surface area contributed by atoms with Gasteiger partial charge in [-0.3, -0.25) is 4.79 Å². The van der Waals surface area contributed by atoms with Gasteiger partial charge in [0.15, 0.2) is 6.54 Å². The number of benzene rings is 2. The van der Waals surface area contributed by atoms with E-state index in [0.717, 1.165) is 32.7 Å². The zero-order valence-corrected chi connectivity index (χ0v) is 17.2. The molecule has 0 bridgehead atoms. The number of hydrogen-bond donors (Lipinski definition) is 3. The van der Waals surface area contributed by atoms with E-state index in [9.17, 15) is 4.79 Å². The Balaban J connectivity index is 1.28. The maximum atomic E-state index is 12.6. The van der Waals surface area contributed by atoms with Crippen molar-refractivity contribution in [1.29, 1.82) is 0 Å². The highest BCUT2D eigenvalue weighted by molar-refractivity contribution is 7.09. The van der Waals surface area contributed by atoms with E-state index in [0.29, 0.717) is 6.54 Å². The summed E-state index contributed by atoms with van der Waals surface area (Å²) in [5.41, 5.74) is 1.19. The number of hydrogen-bond acceptors (Lipinski definition) is 2. The first-order valence-corrected chi connectivity index (χ1v) is 11.0. The highest BCUT2D eigenvalue weighted by Crippen LogP contribution is 2.23. The summed E-state index contributed by atoms with van der Waals surface area (Å²) < 4.78 is 0. The number of amides is 1. The van der Waals surface area contributed by atoms with Crippen molar-refractivity contribution >= 4 is 28.0 Å². The Labute approximate surface area is 170 Å². The second kappa shape index (κ2) is 8.86. The van der Waals surface area contributed by atoms with Gasteiger partial charge in [0, 0.05) is 0 Å². The quantitative estimate of drug-likeness (QED) is 0.574. The molecule has 28 heavy (non-hydrogen) atoms. The molecule has 0 saturated carbocycles. The molecule has 0 spiro atoms. The van der Waals surface area contributed by atoms with E-state index in [1.807, 2.05) is 11.3 Å². The highest BCUT2D eigenvalue weighted by Gasteiger charge is 2.25. The van der Waals surface area contributed by atoms with Crippen molar-refractivity contribution in [3.63, 3.8) is 0 Å². The van der Waals surface area contributed by atoms with E-state index in [1.54, 1.807) is 4.90 Å². The molecule has 1 amide bonds. The molecule has 5 heteroatoms. The Hall–Kier alpha value is -2.21. The average molecular weight is 396 g/mol. The van der Waals surface area contributed by atoms with Gasteiger partial charge in [-0.1, -0.05) is 48.5 Å². The molecule has 0 radical (unpaired) electrons. The molecular formula is C23H29N3OS+2. The fourth-order valence-corrected chi connectivity index (χ4v) is 4.97. The molecule has 1 aliphatic heterocycles. The second-order valence-electron chi connectivity index (χ2n) is 7.79. The molecule has 1 aliphatic rings. The third-order valence-electron chi connectivity index (χ3n) is 5.75. The number of piperazine rings is 1. The van der Waals surface area contributed by atoms with E-state index >= 15 is 0 Å². The Kier molecular flexibility index (Phi) is 6.05. The molecule has 1 aromatic heterocycles. The lowest BCUT2D eigenvalue weighted by atomic mass is 10.00. The molecule has 2 heterocycles. The Morgan fingerprint density at radius 3 is 2.54 bits per heavy atom. The van der Waals surface area contributed by atoms with E-state index in [4.69, 9.17) is 0 Å². The predicted molar refractivity (Wildman–Crippen MR) is 115 cm³/mol. The number of fused-ring (bicyclic) bond motifs is 1. The molecule has 146 valence electrons. The lowest BCUT2D eigenvalue weighted by Gasteiger charge is -2.29. The molecule has 0 aliphatic carbocycles. The van der Waals surface area contributed by atoms with Crippen molar-refractivity contribution in [3.8, 4) is 0 Å². The van der Waals surface area contributed by atoms with Gasteiger partial charge in [0.2, 0.25) is 0 Å². The van der Waals surface area contributed by atoms with Crippen molar-refractivity contribution in [2.75, 3.05) is 32.7 Å². The van der Waals surface area contributed by atoms with Crippen LogP contribution in [-0.2, 0) is 11.3 Å². The van der Waals surface area contributed by atoms with E-state index < -0.39 is 0 Å². The summed E-state index contributed by atoms with van der Waals surface area (Å²) in [5.74, 6) is 0.150. The molecule has 3 aromatic rings. The predicted octanol–water partition coefficient (Wildman–Crippen LogP) is 1.06. The van der Waals surface area contributed by atoms with Crippen molar-refractivity contribution in [2.24, 2.45) is 0 Å². The second-order valence-corrected chi connectivity index (χ2v) is 8.82. The van der Waals surface area contributed by atoms with E-state index in [1.165, 1.54) is 26.1 Å². The topological polar surface area (TPSA) is 38.0 Å². The van der Waals surface area contributed by atoms with Gasteiger partial charge in [-0.05, 0) is 34.7 Å². The number of carbonyl (C=O) groups is 1. The zero-order valence-electron chi connectivity index (χ0n) is 16.4. The van der Waals surface area contributed by atoms with Crippen LogP contribution < -0.4 is 15.1 Å². The molecular weight excluding hydrogens is 366 g/mol. The molecule has 3 N–H and O–H groups in total. The van der Waals surface area contributed by atoms with Gasteiger partial charge in [0.05, 0.1) is 10.9 Å². The van der Waals surface area contributed by atoms with Gasteiger partial charge in [0.25, 0.3) is 5.91 Å². The number of nitrogens with one attached hydrogen (secondary N) is 3. The van der Waals surface area contributed by atoms with Gasteiger partial charge < -0.3 is 15.1 Å². The molecule has 0 unspecified atom stereocenters. The van der Waals surface area contributed by atoms with Crippen molar-refractivity contribution < 1.29 is 14.6 Å². The molecule has 2 aromatic carbocycles. The number of thiophene rings is 1. The highest BCUT2D eigenvalue weighted by atomic mass is 32.1. The Morgan fingerprint density at radius 2 is 1.75 bits per heavy atom. The molecule has 4 nitrogen and oxygen atoms in total. The maximum Gasteiger partial charge on any atom is 0.275 e. The summed E-state index contributed by atoms with van der Waals surface area (Å²) in [6.45, 7) is 8.18. The van der Waals surface area contributed by atoms with Gasteiger partial charge >= 0.3 is 0 Å². The standard InChI is InChI=1S/C23H27N3OS/c1-18(21-10-4-7-19-6-2-3-9-22(19)21)24-23(27)17-26-13-11-25(12-14-26)16-20-8-5-15-28-20/h2-10,15,18H,11-14,16-17H2,1H3,(H,24,27)/p+2/t18-/m0/s1. The van der Waals surface area contributed by atoms with Crippen LogP contribution in [0.15, 0.2) is 60.0 Å². The Bertz CT molecular complexity index is 911. The first-order chi connectivity index (χ1) is 13.7. The number of rotatable bonds is 6. The van der Waals surface area contributed by atoms with Gasteiger partial charge in [-0.25, -0.2) is 0 Å². The first-order valence-electron chi connectivity index (χ1n) is 10.2. The molecule has 1 saturated heterocycles. The third-order valence-corrected chi connectivity index (χ3v) is 6.62. The van der Waals surface area contributed by atoms with Gasteiger partial charge in [0.1, 0.15) is 32.7 Å². The fourth-order valence-electron chi connectivity index (χ4n) is 4.20.